The number of hydrogen-bond acceptors (Lipinski definition) is 4. The summed E-state index contributed by atoms with van der Waals surface area (Å²) in [4.78, 5) is 14.6. The maximum absolute atomic E-state index is 14.6. The number of nitrogens with zero attached hydrogens (tertiary/aromatic N) is 1. The second kappa shape index (κ2) is 15.1. The van der Waals surface area contributed by atoms with Crippen LogP contribution in [-0.2, 0) is 0 Å². The van der Waals surface area contributed by atoms with Gasteiger partial charge in [0.2, 0.25) is 5.43 Å². The van der Waals surface area contributed by atoms with Crippen molar-refractivity contribution in [3.05, 3.63) is 235 Å². The zero-order valence-electron chi connectivity index (χ0n) is 38.4. The van der Waals surface area contributed by atoms with Crippen molar-refractivity contribution in [2.24, 2.45) is 0 Å². The molecule has 0 N–H and O–H groups in total. The van der Waals surface area contributed by atoms with Gasteiger partial charge < -0.3 is 8.82 Å². The number of rotatable bonds is 5. The molecule has 3 nitrogen and oxygen atoms in total. The van der Waals surface area contributed by atoms with Gasteiger partial charge in [0, 0.05) is 61.9 Å². The lowest BCUT2D eigenvalue weighted by Gasteiger charge is -2.09. The second-order valence-corrected chi connectivity index (χ2v) is 21.3. The van der Waals surface area contributed by atoms with Crippen LogP contribution in [0.2, 0.25) is 0 Å². The monoisotopic (exact) mass is 951 g/mol. The minimum absolute atomic E-state index is 0.0337. The molecule has 72 heavy (non-hydrogen) atoms. The number of para-hydroxylation sites is 2. The molecular formula is C67H37NO2S2. The van der Waals surface area contributed by atoms with Crippen molar-refractivity contribution >= 4 is 123 Å². The summed E-state index contributed by atoms with van der Waals surface area (Å²) in [6.45, 7) is 0. The molecule has 334 valence electrons. The van der Waals surface area contributed by atoms with Crippen LogP contribution in [0.25, 0.3) is 156 Å². The first-order valence-electron chi connectivity index (χ1n) is 24.3. The zero-order chi connectivity index (χ0) is 47.2. The van der Waals surface area contributed by atoms with E-state index in [0.717, 1.165) is 33.4 Å². The van der Waals surface area contributed by atoms with Gasteiger partial charge in [-0.3, -0.25) is 4.79 Å². The fraction of sp³-hybridized carbons (Fsp3) is 0. The molecule has 5 aromatic heterocycles. The lowest BCUT2D eigenvalue weighted by atomic mass is 9.96. The third kappa shape index (κ3) is 5.93. The zero-order valence-corrected chi connectivity index (χ0v) is 40.1. The number of benzene rings is 11. The van der Waals surface area contributed by atoms with E-state index in [1.807, 2.05) is 46.9 Å². The van der Waals surface area contributed by atoms with Crippen LogP contribution < -0.4 is 5.43 Å². The van der Waals surface area contributed by atoms with Crippen LogP contribution >= 0.6 is 22.7 Å². The van der Waals surface area contributed by atoms with Crippen molar-refractivity contribution in [2.75, 3.05) is 0 Å². The van der Waals surface area contributed by atoms with Gasteiger partial charge in [0.25, 0.3) is 0 Å². The molecule has 16 aromatic rings. The molecule has 0 fully saturated rings. The SMILES string of the molecule is O=c1c2cc(-c3cccc(-c4ccc5sc6ccc(-c7ccccc7)cc6c5c4)c3)ccc2oc2ccc(-c3ccc4sc5ccc(-c6ccc7c8cccc9c%10ccccc%10n(c7c6)c98)cc5c4c3)cc12. The molecule has 0 aliphatic rings. The quantitative estimate of drug-likeness (QED) is 0.161. The molecular weight excluding hydrogens is 915 g/mol. The normalized spacial score (nSPS) is 12.2. The summed E-state index contributed by atoms with van der Waals surface area (Å²) in [5.74, 6) is 0. The van der Waals surface area contributed by atoms with E-state index in [1.54, 1.807) is 0 Å². The average molecular weight is 952 g/mol. The third-order valence-electron chi connectivity index (χ3n) is 15.1. The van der Waals surface area contributed by atoms with Crippen molar-refractivity contribution < 1.29 is 4.42 Å². The van der Waals surface area contributed by atoms with E-state index in [1.165, 1.54) is 101 Å². The molecule has 11 aromatic carbocycles. The summed E-state index contributed by atoms with van der Waals surface area (Å²) in [6.07, 6.45) is 0. The van der Waals surface area contributed by atoms with Crippen molar-refractivity contribution in [1.29, 1.82) is 0 Å². The Hall–Kier alpha value is -8.87. The highest BCUT2D eigenvalue weighted by atomic mass is 32.1. The fourth-order valence-electron chi connectivity index (χ4n) is 11.6. The lowest BCUT2D eigenvalue weighted by molar-refractivity contribution is 0.660. The number of fused-ring (bicyclic) bond motifs is 14. The summed E-state index contributed by atoms with van der Waals surface area (Å²) in [5, 5.41) is 11.3. The van der Waals surface area contributed by atoms with E-state index in [9.17, 15) is 4.79 Å². The van der Waals surface area contributed by atoms with Gasteiger partial charge in [0.15, 0.2) is 0 Å². The molecule has 16 rings (SSSR count). The molecule has 0 atom stereocenters. The first kappa shape index (κ1) is 39.9. The van der Waals surface area contributed by atoms with Gasteiger partial charge >= 0.3 is 0 Å². The molecule has 5 heterocycles. The van der Waals surface area contributed by atoms with E-state index in [4.69, 9.17) is 4.42 Å². The van der Waals surface area contributed by atoms with Crippen LogP contribution in [0.1, 0.15) is 0 Å². The summed E-state index contributed by atoms with van der Waals surface area (Å²) in [5.41, 5.74) is 16.0. The predicted octanol–water partition coefficient (Wildman–Crippen LogP) is 19.2. The van der Waals surface area contributed by atoms with Crippen molar-refractivity contribution in [3.8, 4) is 55.6 Å². The van der Waals surface area contributed by atoms with Gasteiger partial charge in [-0.25, -0.2) is 0 Å². The Bertz CT molecular complexity index is 5010. The summed E-state index contributed by atoms with van der Waals surface area (Å²) in [7, 11) is 0. The van der Waals surface area contributed by atoms with E-state index in [-0.39, 0.29) is 5.43 Å². The molecule has 0 saturated carbocycles. The Morgan fingerprint density at radius 1 is 0.278 bits per heavy atom. The van der Waals surface area contributed by atoms with Crippen LogP contribution in [0, 0.1) is 0 Å². The number of thiophene rings is 2. The Morgan fingerprint density at radius 3 is 1.22 bits per heavy atom. The van der Waals surface area contributed by atoms with Crippen molar-refractivity contribution in [1.82, 2.24) is 4.40 Å². The largest absolute Gasteiger partial charge is 0.456 e. The number of aromatic nitrogens is 1. The van der Waals surface area contributed by atoms with E-state index in [0.29, 0.717) is 21.9 Å². The van der Waals surface area contributed by atoms with Crippen LogP contribution in [0.5, 0.6) is 0 Å². The van der Waals surface area contributed by atoms with E-state index in [2.05, 4.69) is 205 Å². The first-order chi connectivity index (χ1) is 35.5. The van der Waals surface area contributed by atoms with Gasteiger partial charge in [-0.1, -0.05) is 133 Å². The maximum atomic E-state index is 14.6. The highest BCUT2D eigenvalue weighted by Gasteiger charge is 2.19. The topological polar surface area (TPSA) is 34.6 Å². The lowest BCUT2D eigenvalue weighted by Crippen LogP contribution is -2.02. The highest BCUT2D eigenvalue weighted by molar-refractivity contribution is 7.26. The third-order valence-corrected chi connectivity index (χ3v) is 17.4. The van der Waals surface area contributed by atoms with Crippen LogP contribution in [0.15, 0.2) is 234 Å². The molecule has 0 radical (unpaired) electrons. The summed E-state index contributed by atoms with van der Waals surface area (Å²) in [6, 6.07) is 80.7. The standard InChI is InChI=1S/C67H37NO2S2/c69-67-56-35-42(39-10-6-11-40(30-39)44-20-27-63-53(32-44)52-31-41(19-26-62(52)71-63)38-8-2-1-3-9-38)17-24-60(56)70-61-25-18-43(36-57(61)67)45-21-28-64-54(33-45)55-34-46(22-29-65(55)72-64)47-16-23-49-51-14-7-13-50-48-12-4-5-15-58(48)68(66(50)51)59(49)37-47/h1-37H. The van der Waals surface area contributed by atoms with Gasteiger partial charge in [0.1, 0.15) is 11.2 Å². The van der Waals surface area contributed by atoms with Gasteiger partial charge in [-0.15, -0.1) is 22.7 Å². The molecule has 0 unspecified atom stereocenters. The Labute approximate surface area is 419 Å². The van der Waals surface area contributed by atoms with Crippen molar-refractivity contribution in [3.63, 3.8) is 0 Å². The first-order valence-corrected chi connectivity index (χ1v) is 26.0. The van der Waals surface area contributed by atoms with E-state index < -0.39 is 0 Å². The maximum Gasteiger partial charge on any atom is 0.200 e. The predicted molar refractivity (Wildman–Crippen MR) is 308 cm³/mol. The van der Waals surface area contributed by atoms with Crippen LogP contribution in [0.3, 0.4) is 0 Å². The number of hydrogen-bond donors (Lipinski definition) is 0. The Balaban J connectivity index is 0.749. The van der Waals surface area contributed by atoms with Gasteiger partial charge in [-0.05, 0) is 147 Å². The van der Waals surface area contributed by atoms with E-state index >= 15 is 0 Å². The highest BCUT2D eigenvalue weighted by Crippen LogP contribution is 2.44. The summed E-state index contributed by atoms with van der Waals surface area (Å²) >= 11 is 3.65. The molecule has 0 aliphatic carbocycles. The second-order valence-electron chi connectivity index (χ2n) is 19.1. The average Bonchev–Trinajstić information content (AvgIpc) is 4.19. The minimum Gasteiger partial charge on any atom is -0.456 e. The molecule has 0 bridgehead atoms. The summed E-state index contributed by atoms with van der Waals surface area (Å²) < 4.78 is 13.9. The fourth-order valence-corrected chi connectivity index (χ4v) is 13.7. The molecule has 0 aliphatic heterocycles. The Morgan fingerprint density at radius 2 is 0.667 bits per heavy atom. The smallest absolute Gasteiger partial charge is 0.200 e. The minimum atomic E-state index is -0.0337. The Kier molecular flexibility index (Phi) is 8.35. The van der Waals surface area contributed by atoms with Gasteiger partial charge in [-0.2, -0.15) is 0 Å². The molecule has 0 spiro atoms. The molecule has 5 heteroatoms. The van der Waals surface area contributed by atoms with Crippen molar-refractivity contribution in [2.45, 2.75) is 0 Å². The molecule has 0 saturated heterocycles. The van der Waals surface area contributed by atoms with Crippen LogP contribution in [-0.4, -0.2) is 4.40 Å². The molecule has 0 amide bonds. The van der Waals surface area contributed by atoms with Gasteiger partial charge in [0.05, 0.1) is 27.3 Å². The van der Waals surface area contributed by atoms with Crippen LogP contribution in [0.4, 0.5) is 0 Å².